The number of phenolic OH excluding ortho intramolecular Hbond substituents is 1. The van der Waals surface area contributed by atoms with Gasteiger partial charge in [0.25, 0.3) is 0 Å². The lowest BCUT2D eigenvalue weighted by molar-refractivity contribution is 0.103. The summed E-state index contributed by atoms with van der Waals surface area (Å²) in [5, 5.41) is 17.3. The fourth-order valence-corrected chi connectivity index (χ4v) is 3.38. The first kappa shape index (κ1) is 16.5. The molecule has 0 aliphatic heterocycles. The van der Waals surface area contributed by atoms with Gasteiger partial charge in [-0.05, 0) is 24.3 Å². The molecule has 26 heavy (non-hydrogen) atoms. The lowest BCUT2D eigenvalue weighted by Crippen LogP contribution is -2.00. The normalized spacial score (nSPS) is 10.8. The molecular weight excluding hydrogens is 370 g/mol. The molecule has 0 aliphatic rings. The van der Waals surface area contributed by atoms with Crippen molar-refractivity contribution in [1.29, 1.82) is 0 Å². The number of para-hydroxylation sites is 1. The lowest BCUT2D eigenvalue weighted by atomic mass is 10.1. The van der Waals surface area contributed by atoms with Gasteiger partial charge in [0.2, 0.25) is 5.13 Å². The highest BCUT2D eigenvalue weighted by atomic mass is 35.5. The molecule has 0 fully saturated rings. The molecule has 0 saturated heterocycles. The van der Waals surface area contributed by atoms with Gasteiger partial charge >= 0.3 is 0 Å². The molecule has 0 saturated carbocycles. The first-order chi connectivity index (χ1) is 12.6. The van der Waals surface area contributed by atoms with Crippen molar-refractivity contribution in [3.8, 4) is 22.1 Å². The minimum atomic E-state index is -0.288. The summed E-state index contributed by atoms with van der Waals surface area (Å²) >= 11 is 7.33. The van der Waals surface area contributed by atoms with E-state index in [0.29, 0.717) is 15.7 Å². The molecule has 4 rings (SSSR count). The summed E-state index contributed by atoms with van der Waals surface area (Å²) in [4.78, 5) is 17.1. The molecule has 7 heteroatoms. The van der Waals surface area contributed by atoms with E-state index < -0.39 is 0 Å². The number of thiazole rings is 1. The quantitative estimate of drug-likeness (QED) is 0.525. The molecule has 2 aromatic heterocycles. The van der Waals surface area contributed by atoms with E-state index >= 15 is 0 Å². The van der Waals surface area contributed by atoms with Gasteiger partial charge < -0.3 is 5.11 Å². The van der Waals surface area contributed by atoms with E-state index in [0.717, 1.165) is 11.3 Å². The molecule has 0 aliphatic carbocycles. The SMILES string of the molecule is O=C(c1cnn(-c2nc(-c3ccc(Cl)cc3)cs2)c1)c1ccccc1O. The van der Waals surface area contributed by atoms with Crippen LogP contribution in [0.15, 0.2) is 66.3 Å². The van der Waals surface area contributed by atoms with Gasteiger partial charge in [-0.3, -0.25) is 4.79 Å². The molecule has 2 aromatic carbocycles. The number of ketones is 1. The molecule has 0 bridgehead atoms. The first-order valence-electron chi connectivity index (χ1n) is 7.71. The number of hydrogen-bond acceptors (Lipinski definition) is 5. The minimum Gasteiger partial charge on any atom is -0.507 e. The molecule has 0 atom stereocenters. The van der Waals surface area contributed by atoms with E-state index in [9.17, 15) is 9.90 Å². The topological polar surface area (TPSA) is 68.0 Å². The number of carbonyl (C=O) groups is 1. The van der Waals surface area contributed by atoms with Crippen LogP contribution in [0.2, 0.25) is 5.02 Å². The van der Waals surface area contributed by atoms with E-state index in [1.54, 1.807) is 29.1 Å². The van der Waals surface area contributed by atoms with Gasteiger partial charge in [-0.25, -0.2) is 9.67 Å². The molecule has 5 nitrogen and oxygen atoms in total. The molecule has 2 heterocycles. The second-order valence-electron chi connectivity index (χ2n) is 5.54. The van der Waals surface area contributed by atoms with Crippen molar-refractivity contribution in [1.82, 2.24) is 14.8 Å². The highest BCUT2D eigenvalue weighted by Crippen LogP contribution is 2.26. The third-order valence-corrected chi connectivity index (χ3v) is 4.90. The monoisotopic (exact) mass is 381 g/mol. The molecular formula is C19H12ClN3O2S. The van der Waals surface area contributed by atoms with Crippen LogP contribution < -0.4 is 0 Å². The molecule has 0 unspecified atom stereocenters. The highest BCUT2D eigenvalue weighted by Gasteiger charge is 2.16. The standard InChI is InChI=1S/C19H12ClN3O2S/c20-14-7-5-12(6-8-14)16-11-26-19(22-16)23-10-13(9-21-23)18(25)15-3-1-2-4-17(15)24/h1-11,24H. The second kappa shape index (κ2) is 6.74. The predicted molar refractivity (Wildman–Crippen MR) is 101 cm³/mol. The van der Waals surface area contributed by atoms with Crippen LogP contribution in [0.4, 0.5) is 0 Å². The Labute approximate surface area is 158 Å². The number of aromatic hydroxyl groups is 1. The summed E-state index contributed by atoms with van der Waals surface area (Å²) < 4.78 is 1.55. The van der Waals surface area contributed by atoms with Gasteiger partial charge in [0.1, 0.15) is 5.75 Å². The maximum Gasteiger partial charge on any atom is 0.210 e. The first-order valence-corrected chi connectivity index (χ1v) is 8.97. The summed E-state index contributed by atoms with van der Waals surface area (Å²) in [6, 6.07) is 13.9. The second-order valence-corrected chi connectivity index (χ2v) is 6.82. The number of aromatic nitrogens is 3. The summed E-state index contributed by atoms with van der Waals surface area (Å²) in [5.74, 6) is -0.339. The zero-order valence-corrected chi connectivity index (χ0v) is 14.9. The van der Waals surface area contributed by atoms with Crippen LogP contribution in [-0.4, -0.2) is 25.7 Å². The Balaban J connectivity index is 1.62. The van der Waals surface area contributed by atoms with E-state index in [2.05, 4.69) is 10.1 Å². The Bertz CT molecular complexity index is 1090. The average molecular weight is 382 g/mol. The number of rotatable bonds is 4. The Kier molecular flexibility index (Phi) is 4.28. The van der Waals surface area contributed by atoms with Crippen LogP contribution in [0.5, 0.6) is 5.75 Å². The van der Waals surface area contributed by atoms with Crippen LogP contribution in [0, 0.1) is 0 Å². The van der Waals surface area contributed by atoms with Gasteiger partial charge in [-0.15, -0.1) is 11.3 Å². The molecule has 1 N–H and O–H groups in total. The van der Waals surface area contributed by atoms with Crippen LogP contribution >= 0.6 is 22.9 Å². The number of benzene rings is 2. The zero-order valence-electron chi connectivity index (χ0n) is 13.3. The van der Waals surface area contributed by atoms with E-state index in [1.807, 2.05) is 29.6 Å². The minimum absolute atomic E-state index is 0.0514. The van der Waals surface area contributed by atoms with E-state index in [4.69, 9.17) is 11.6 Å². The fraction of sp³-hybridized carbons (Fsp3) is 0. The van der Waals surface area contributed by atoms with Crippen molar-refractivity contribution in [3.63, 3.8) is 0 Å². The van der Waals surface area contributed by atoms with Crippen molar-refractivity contribution in [3.05, 3.63) is 82.5 Å². The maximum atomic E-state index is 12.5. The van der Waals surface area contributed by atoms with Gasteiger partial charge in [-0.1, -0.05) is 35.9 Å². The van der Waals surface area contributed by atoms with Crippen LogP contribution in [0.25, 0.3) is 16.4 Å². The van der Waals surface area contributed by atoms with Gasteiger partial charge in [0.15, 0.2) is 5.78 Å². The Hall–Kier alpha value is -2.96. The lowest BCUT2D eigenvalue weighted by Gasteiger charge is -2.00. The van der Waals surface area contributed by atoms with E-state index in [-0.39, 0.29) is 17.1 Å². The summed E-state index contributed by atoms with van der Waals surface area (Å²) in [6.07, 6.45) is 3.08. The molecule has 4 aromatic rings. The third-order valence-electron chi connectivity index (χ3n) is 3.82. The maximum absolute atomic E-state index is 12.5. The van der Waals surface area contributed by atoms with Crippen LogP contribution in [0.3, 0.4) is 0 Å². The van der Waals surface area contributed by atoms with Gasteiger partial charge in [0, 0.05) is 22.2 Å². The van der Waals surface area contributed by atoms with Crippen molar-refractivity contribution in [2.24, 2.45) is 0 Å². The number of phenols is 1. The smallest absolute Gasteiger partial charge is 0.210 e. The summed E-state index contributed by atoms with van der Waals surface area (Å²) in [5.41, 5.74) is 2.39. The summed E-state index contributed by atoms with van der Waals surface area (Å²) in [6.45, 7) is 0. The van der Waals surface area contributed by atoms with Crippen molar-refractivity contribution in [2.45, 2.75) is 0 Å². The molecule has 0 spiro atoms. The van der Waals surface area contributed by atoms with Gasteiger partial charge in [-0.2, -0.15) is 5.10 Å². The zero-order chi connectivity index (χ0) is 18.1. The highest BCUT2D eigenvalue weighted by molar-refractivity contribution is 7.12. The Morgan fingerprint density at radius 3 is 2.65 bits per heavy atom. The Morgan fingerprint density at radius 1 is 1.12 bits per heavy atom. The number of hydrogen-bond donors (Lipinski definition) is 1. The van der Waals surface area contributed by atoms with Crippen LogP contribution in [-0.2, 0) is 0 Å². The van der Waals surface area contributed by atoms with Crippen LogP contribution in [0.1, 0.15) is 15.9 Å². The number of carbonyl (C=O) groups excluding carboxylic acids is 1. The predicted octanol–water partition coefficient (Wildman–Crippen LogP) is 4.59. The van der Waals surface area contributed by atoms with Crippen molar-refractivity contribution >= 4 is 28.7 Å². The Morgan fingerprint density at radius 2 is 1.88 bits per heavy atom. The van der Waals surface area contributed by atoms with Crippen molar-refractivity contribution < 1.29 is 9.90 Å². The molecule has 128 valence electrons. The molecule has 0 radical (unpaired) electrons. The van der Waals surface area contributed by atoms with Crippen molar-refractivity contribution in [2.75, 3.05) is 0 Å². The van der Waals surface area contributed by atoms with Gasteiger partial charge in [0.05, 0.1) is 23.0 Å². The molecule has 0 amide bonds. The average Bonchev–Trinajstić information content (AvgIpc) is 3.32. The largest absolute Gasteiger partial charge is 0.507 e. The third kappa shape index (κ3) is 3.12. The number of halogens is 1. The van der Waals surface area contributed by atoms with E-state index in [1.165, 1.54) is 23.6 Å². The fourth-order valence-electron chi connectivity index (χ4n) is 2.49. The summed E-state index contributed by atoms with van der Waals surface area (Å²) in [7, 11) is 0. The number of nitrogens with zero attached hydrogens (tertiary/aromatic N) is 3.